The Balaban J connectivity index is 1.79. The quantitative estimate of drug-likeness (QED) is 0.662. The number of hydrogen-bond acceptors (Lipinski definition) is 4. The van der Waals surface area contributed by atoms with E-state index >= 15 is 0 Å². The van der Waals surface area contributed by atoms with Crippen LogP contribution in [0.4, 0.5) is 17.2 Å². The Labute approximate surface area is 157 Å². The molecule has 0 saturated carbocycles. The van der Waals surface area contributed by atoms with Crippen molar-refractivity contribution < 1.29 is 9.53 Å². The second-order valence-corrected chi connectivity index (χ2v) is 6.10. The number of para-hydroxylation sites is 2. The lowest BCUT2D eigenvalue weighted by Crippen LogP contribution is -2.13. The van der Waals surface area contributed by atoms with E-state index in [0.717, 1.165) is 11.3 Å². The van der Waals surface area contributed by atoms with Gasteiger partial charge in [0, 0.05) is 22.5 Å². The molecule has 3 rings (SSSR count). The van der Waals surface area contributed by atoms with Crippen molar-refractivity contribution in [2.24, 2.45) is 0 Å². The Morgan fingerprint density at radius 1 is 1.08 bits per heavy atom. The molecule has 0 spiro atoms. The number of rotatable bonds is 5. The second kappa shape index (κ2) is 7.89. The van der Waals surface area contributed by atoms with Crippen molar-refractivity contribution in [2.45, 2.75) is 6.92 Å². The molecule has 26 heavy (non-hydrogen) atoms. The zero-order valence-electron chi connectivity index (χ0n) is 14.4. The predicted octanol–water partition coefficient (Wildman–Crippen LogP) is 5.05. The van der Waals surface area contributed by atoms with Crippen molar-refractivity contribution in [1.29, 1.82) is 0 Å². The lowest BCUT2D eigenvalue weighted by Gasteiger charge is -2.12. The smallest absolute Gasteiger partial charge is 0.255 e. The minimum Gasteiger partial charge on any atom is -0.495 e. The topological polar surface area (TPSA) is 63.2 Å². The Bertz CT molecular complexity index is 944. The minimum atomic E-state index is -0.243. The van der Waals surface area contributed by atoms with Crippen molar-refractivity contribution in [2.75, 3.05) is 17.7 Å². The van der Waals surface area contributed by atoms with E-state index in [0.29, 0.717) is 27.8 Å². The number of anilines is 3. The van der Waals surface area contributed by atoms with Crippen LogP contribution >= 0.6 is 11.6 Å². The van der Waals surface area contributed by atoms with E-state index in [2.05, 4.69) is 15.6 Å². The summed E-state index contributed by atoms with van der Waals surface area (Å²) in [5.74, 6) is 0.931. The molecule has 0 fully saturated rings. The van der Waals surface area contributed by atoms with Crippen LogP contribution in [0.15, 0.2) is 60.8 Å². The number of aryl methyl sites for hydroxylation is 1. The normalized spacial score (nSPS) is 10.3. The first-order chi connectivity index (χ1) is 12.6. The number of benzene rings is 2. The summed E-state index contributed by atoms with van der Waals surface area (Å²) in [4.78, 5) is 16.8. The summed E-state index contributed by atoms with van der Waals surface area (Å²) in [5.41, 5.74) is 2.97. The number of carbonyl (C=O) groups excluding carboxylic acids is 1. The average Bonchev–Trinajstić information content (AvgIpc) is 2.65. The third-order valence-electron chi connectivity index (χ3n) is 3.83. The molecule has 0 unspecified atom stereocenters. The van der Waals surface area contributed by atoms with Gasteiger partial charge in [-0.2, -0.15) is 0 Å². The summed E-state index contributed by atoms with van der Waals surface area (Å²) in [5, 5.41) is 6.73. The monoisotopic (exact) mass is 367 g/mol. The molecule has 2 N–H and O–H groups in total. The molecule has 1 aromatic heterocycles. The number of carbonyl (C=O) groups is 1. The van der Waals surface area contributed by atoms with E-state index in [9.17, 15) is 4.79 Å². The number of hydrogen-bond donors (Lipinski definition) is 2. The highest BCUT2D eigenvalue weighted by molar-refractivity contribution is 6.30. The van der Waals surface area contributed by atoms with Crippen molar-refractivity contribution in [3.8, 4) is 5.75 Å². The number of halogens is 1. The van der Waals surface area contributed by atoms with Gasteiger partial charge in [-0.1, -0.05) is 23.7 Å². The molecule has 1 heterocycles. The maximum absolute atomic E-state index is 12.6. The molecule has 0 radical (unpaired) electrons. The fourth-order valence-corrected chi connectivity index (χ4v) is 2.71. The number of nitrogens with zero attached hydrogens (tertiary/aromatic N) is 1. The summed E-state index contributed by atoms with van der Waals surface area (Å²) in [7, 11) is 1.56. The van der Waals surface area contributed by atoms with E-state index in [-0.39, 0.29) is 5.91 Å². The zero-order valence-corrected chi connectivity index (χ0v) is 15.2. The van der Waals surface area contributed by atoms with E-state index in [1.807, 2.05) is 31.2 Å². The van der Waals surface area contributed by atoms with Gasteiger partial charge in [0.05, 0.1) is 12.8 Å². The van der Waals surface area contributed by atoms with Crippen LogP contribution in [0.25, 0.3) is 0 Å². The fourth-order valence-electron chi connectivity index (χ4n) is 2.49. The van der Waals surface area contributed by atoms with Gasteiger partial charge in [-0.25, -0.2) is 4.98 Å². The zero-order chi connectivity index (χ0) is 18.5. The molecule has 2 aromatic carbocycles. The Hall–Kier alpha value is -3.05. The van der Waals surface area contributed by atoms with Crippen LogP contribution in [0.1, 0.15) is 15.9 Å². The number of nitrogens with one attached hydrogen (secondary N) is 2. The van der Waals surface area contributed by atoms with Crippen LogP contribution in [-0.2, 0) is 0 Å². The summed E-state index contributed by atoms with van der Waals surface area (Å²) < 4.78 is 5.26. The van der Waals surface area contributed by atoms with Crippen molar-refractivity contribution in [3.63, 3.8) is 0 Å². The SMILES string of the molecule is COc1ccccc1NC(=O)c1ccnc(Nc2ccc(Cl)cc2C)c1. The Morgan fingerprint density at radius 2 is 1.88 bits per heavy atom. The van der Waals surface area contributed by atoms with Gasteiger partial charge in [-0.05, 0) is 55.0 Å². The summed E-state index contributed by atoms with van der Waals surface area (Å²) in [6.45, 7) is 1.95. The van der Waals surface area contributed by atoms with E-state index in [1.54, 1.807) is 43.6 Å². The van der Waals surface area contributed by atoms with Crippen molar-refractivity contribution in [3.05, 3.63) is 76.9 Å². The lowest BCUT2D eigenvalue weighted by molar-refractivity contribution is 0.102. The lowest BCUT2D eigenvalue weighted by atomic mass is 10.2. The first-order valence-corrected chi connectivity index (χ1v) is 8.38. The molecule has 0 saturated heterocycles. The van der Waals surface area contributed by atoms with Crippen LogP contribution in [0.3, 0.4) is 0 Å². The summed E-state index contributed by atoms with van der Waals surface area (Å²) in [6, 6.07) is 16.1. The molecule has 1 amide bonds. The molecule has 0 aliphatic heterocycles. The molecular formula is C20H18ClN3O2. The average molecular weight is 368 g/mol. The molecule has 3 aromatic rings. The first kappa shape index (κ1) is 17.8. The number of aromatic nitrogens is 1. The molecule has 0 aliphatic rings. The van der Waals surface area contributed by atoms with Gasteiger partial charge >= 0.3 is 0 Å². The van der Waals surface area contributed by atoms with Crippen LogP contribution in [0.5, 0.6) is 5.75 Å². The van der Waals surface area contributed by atoms with Crippen LogP contribution in [0, 0.1) is 6.92 Å². The highest BCUT2D eigenvalue weighted by atomic mass is 35.5. The van der Waals surface area contributed by atoms with Crippen LogP contribution < -0.4 is 15.4 Å². The second-order valence-electron chi connectivity index (χ2n) is 5.67. The molecule has 5 nitrogen and oxygen atoms in total. The van der Waals surface area contributed by atoms with Gasteiger partial charge in [0.1, 0.15) is 11.6 Å². The van der Waals surface area contributed by atoms with Crippen molar-refractivity contribution in [1.82, 2.24) is 4.98 Å². The standard InChI is InChI=1S/C20H18ClN3O2/c1-13-11-15(21)7-8-16(13)23-19-12-14(9-10-22-19)20(25)24-17-5-3-4-6-18(17)26-2/h3-12H,1-2H3,(H,22,23)(H,24,25). The molecular weight excluding hydrogens is 350 g/mol. The minimum absolute atomic E-state index is 0.243. The van der Waals surface area contributed by atoms with E-state index in [4.69, 9.17) is 16.3 Å². The number of amides is 1. The van der Waals surface area contributed by atoms with Crippen LogP contribution in [0.2, 0.25) is 5.02 Å². The maximum Gasteiger partial charge on any atom is 0.255 e. The molecule has 6 heteroatoms. The van der Waals surface area contributed by atoms with Gasteiger partial charge in [0.2, 0.25) is 0 Å². The summed E-state index contributed by atoms with van der Waals surface area (Å²) >= 11 is 5.98. The molecule has 0 aliphatic carbocycles. The predicted molar refractivity (Wildman–Crippen MR) is 105 cm³/mol. The third kappa shape index (κ3) is 4.13. The molecule has 132 valence electrons. The van der Waals surface area contributed by atoms with E-state index in [1.165, 1.54) is 0 Å². The Kier molecular flexibility index (Phi) is 5.39. The highest BCUT2D eigenvalue weighted by Gasteiger charge is 2.11. The van der Waals surface area contributed by atoms with Gasteiger partial charge in [-0.3, -0.25) is 4.79 Å². The van der Waals surface area contributed by atoms with Gasteiger partial charge in [0.15, 0.2) is 0 Å². The van der Waals surface area contributed by atoms with Crippen LogP contribution in [-0.4, -0.2) is 18.0 Å². The summed E-state index contributed by atoms with van der Waals surface area (Å²) in [6.07, 6.45) is 1.59. The van der Waals surface area contributed by atoms with E-state index < -0.39 is 0 Å². The first-order valence-electron chi connectivity index (χ1n) is 8.00. The van der Waals surface area contributed by atoms with Gasteiger partial charge in [0.25, 0.3) is 5.91 Å². The highest BCUT2D eigenvalue weighted by Crippen LogP contribution is 2.25. The molecule has 0 atom stereocenters. The number of methoxy groups -OCH3 is 1. The van der Waals surface area contributed by atoms with Gasteiger partial charge < -0.3 is 15.4 Å². The number of ether oxygens (including phenoxy) is 1. The maximum atomic E-state index is 12.6. The largest absolute Gasteiger partial charge is 0.495 e. The third-order valence-corrected chi connectivity index (χ3v) is 4.06. The fraction of sp³-hybridized carbons (Fsp3) is 0.100. The van der Waals surface area contributed by atoms with Crippen molar-refractivity contribution >= 4 is 34.7 Å². The Morgan fingerprint density at radius 3 is 2.65 bits per heavy atom. The number of pyridine rings is 1. The molecule has 0 bridgehead atoms. The van der Waals surface area contributed by atoms with Gasteiger partial charge in [-0.15, -0.1) is 0 Å².